The number of fused-ring (bicyclic) bond motifs is 1. The van der Waals surface area contributed by atoms with Crippen molar-refractivity contribution in [2.45, 2.75) is 12.8 Å². The number of amides is 1. The van der Waals surface area contributed by atoms with Crippen molar-refractivity contribution in [1.82, 2.24) is 9.88 Å². The fourth-order valence-corrected chi connectivity index (χ4v) is 2.91. The molecule has 118 valence electrons. The minimum atomic E-state index is -0.633. The molecular weight excluding hydrogens is 316 g/mol. The highest BCUT2D eigenvalue weighted by molar-refractivity contribution is 6.36. The van der Waals surface area contributed by atoms with Gasteiger partial charge in [-0.3, -0.25) is 9.59 Å². The average molecular weight is 331 g/mol. The van der Waals surface area contributed by atoms with E-state index in [4.69, 9.17) is 11.6 Å². The van der Waals surface area contributed by atoms with Crippen LogP contribution in [-0.4, -0.2) is 15.6 Å². The van der Waals surface area contributed by atoms with Crippen molar-refractivity contribution in [3.63, 3.8) is 0 Å². The predicted molar refractivity (Wildman–Crippen MR) is 89.8 cm³/mol. The summed E-state index contributed by atoms with van der Waals surface area (Å²) < 4.78 is 1.31. The number of pyridine rings is 1. The van der Waals surface area contributed by atoms with Gasteiger partial charge in [-0.2, -0.15) is 0 Å². The first-order valence-corrected chi connectivity index (χ1v) is 7.55. The summed E-state index contributed by atoms with van der Waals surface area (Å²) in [5, 5.41) is 13.7. The number of rotatable bonds is 2. The molecule has 2 aromatic rings. The number of aromatic nitrogens is 1. The second kappa shape index (κ2) is 5.93. The molecule has 1 amide bonds. The Hall–Kier alpha value is -2.53. The summed E-state index contributed by atoms with van der Waals surface area (Å²) in [6, 6.07) is 4.95. The molecule has 1 aromatic heterocycles. The molecule has 2 N–H and O–H groups in total. The predicted octanol–water partition coefficient (Wildman–Crippen LogP) is 2.86. The number of hydrogen-bond acceptors (Lipinski definition) is 3. The zero-order valence-electron chi connectivity index (χ0n) is 12.5. The normalized spacial score (nSPS) is 13.9. The minimum Gasteiger partial charge on any atom is -0.506 e. The van der Waals surface area contributed by atoms with E-state index in [1.165, 1.54) is 4.57 Å². The topological polar surface area (TPSA) is 71.3 Å². The first-order chi connectivity index (χ1) is 11.0. The second-order valence-corrected chi connectivity index (χ2v) is 5.74. The van der Waals surface area contributed by atoms with Gasteiger partial charge in [-0.25, -0.2) is 0 Å². The minimum absolute atomic E-state index is 0.282. The largest absolute Gasteiger partial charge is 0.506 e. The number of aryl methyl sites for hydroxylation is 1. The third-order valence-corrected chi connectivity index (χ3v) is 4.18. The Labute approximate surface area is 137 Å². The van der Waals surface area contributed by atoms with E-state index in [1.54, 1.807) is 31.3 Å². The van der Waals surface area contributed by atoms with E-state index in [0.29, 0.717) is 23.0 Å². The van der Waals surface area contributed by atoms with Crippen molar-refractivity contribution >= 4 is 28.4 Å². The molecule has 23 heavy (non-hydrogen) atoms. The zero-order valence-corrected chi connectivity index (χ0v) is 13.2. The van der Waals surface area contributed by atoms with Gasteiger partial charge in [0.05, 0.1) is 15.9 Å². The first-order valence-electron chi connectivity index (χ1n) is 7.18. The van der Waals surface area contributed by atoms with E-state index in [2.05, 4.69) is 5.32 Å². The van der Waals surface area contributed by atoms with Gasteiger partial charge in [0.2, 0.25) is 0 Å². The number of nitrogens with one attached hydrogen (secondary N) is 1. The van der Waals surface area contributed by atoms with Crippen LogP contribution in [0.1, 0.15) is 23.2 Å². The van der Waals surface area contributed by atoms with E-state index < -0.39 is 17.2 Å². The lowest BCUT2D eigenvalue weighted by molar-refractivity contribution is 0.0960. The van der Waals surface area contributed by atoms with E-state index in [-0.39, 0.29) is 10.6 Å². The summed E-state index contributed by atoms with van der Waals surface area (Å²) >= 11 is 6.13. The lowest BCUT2D eigenvalue weighted by Crippen LogP contribution is -2.32. The Bertz CT molecular complexity index is 926. The highest BCUT2D eigenvalue weighted by Gasteiger charge is 2.23. The molecule has 1 aromatic carbocycles. The molecule has 1 heterocycles. The molecule has 0 unspecified atom stereocenters. The fraction of sp³-hybridized carbons (Fsp3) is 0.176. The smallest absolute Gasteiger partial charge is 0.267 e. The van der Waals surface area contributed by atoms with Crippen LogP contribution in [0.5, 0.6) is 5.75 Å². The Balaban J connectivity index is 2.16. The van der Waals surface area contributed by atoms with Crippen molar-refractivity contribution in [2.75, 3.05) is 0 Å². The number of benzene rings is 1. The quantitative estimate of drug-likeness (QED) is 0.889. The number of carbonyl (C=O) groups excluding carboxylic acids is 1. The Morgan fingerprint density at radius 1 is 1.39 bits per heavy atom. The maximum Gasteiger partial charge on any atom is 0.267 e. The fourth-order valence-electron chi connectivity index (χ4n) is 2.65. The number of halogens is 1. The molecule has 0 saturated heterocycles. The summed E-state index contributed by atoms with van der Waals surface area (Å²) in [5.74, 6) is -1.02. The number of hydrogen-bond donors (Lipinski definition) is 2. The molecule has 3 rings (SSSR count). The molecule has 0 atom stereocenters. The van der Waals surface area contributed by atoms with Crippen LogP contribution in [0.25, 0.3) is 10.9 Å². The Kier molecular flexibility index (Phi) is 3.96. The van der Waals surface area contributed by atoms with Crippen LogP contribution in [0.4, 0.5) is 0 Å². The summed E-state index contributed by atoms with van der Waals surface area (Å²) in [6.45, 7) is 0. The molecule has 0 radical (unpaired) electrons. The standard InChI is InChI=1S/C17H15ClN2O3/c1-20-12-9-5-8-11(18)13(12)15(21)14(17(20)23)16(22)19-10-6-3-2-4-7-10/h2-3,5-6,8-9,21H,4,7H2,1H3,(H,19,22). The van der Waals surface area contributed by atoms with Crippen LogP contribution in [0, 0.1) is 0 Å². The van der Waals surface area contributed by atoms with E-state index in [1.807, 2.05) is 12.2 Å². The molecule has 5 nitrogen and oxygen atoms in total. The van der Waals surface area contributed by atoms with Crippen LogP contribution in [-0.2, 0) is 7.05 Å². The third-order valence-electron chi connectivity index (χ3n) is 3.86. The van der Waals surface area contributed by atoms with Gasteiger partial charge in [0, 0.05) is 12.7 Å². The van der Waals surface area contributed by atoms with Crippen LogP contribution in [0.15, 0.2) is 46.9 Å². The lowest BCUT2D eigenvalue weighted by atomic mass is 10.1. The van der Waals surface area contributed by atoms with Crippen LogP contribution in [0.2, 0.25) is 5.02 Å². The van der Waals surface area contributed by atoms with Gasteiger partial charge in [-0.1, -0.05) is 29.8 Å². The van der Waals surface area contributed by atoms with Crippen LogP contribution < -0.4 is 10.9 Å². The van der Waals surface area contributed by atoms with Gasteiger partial charge < -0.3 is 15.0 Å². The molecule has 0 saturated carbocycles. The monoisotopic (exact) mass is 330 g/mol. The van der Waals surface area contributed by atoms with Gasteiger partial charge in [0.25, 0.3) is 11.5 Å². The Morgan fingerprint density at radius 3 is 2.87 bits per heavy atom. The number of carbonyl (C=O) groups is 1. The number of nitrogens with zero attached hydrogens (tertiary/aromatic N) is 1. The highest BCUT2D eigenvalue weighted by atomic mass is 35.5. The number of aromatic hydroxyl groups is 1. The summed E-state index contributed by atoms with van der Waals surface area (Å²) in [4.78, 5) is 24.9. The molecular formula is C17H15ClN2O3. The van der Waals surface area contributed by atoms with Gasteiger partial charge in [-0.15, -0.1) is 0 Å². The second-order valence-electron chi connectivity index (χ2n) is 5.33. The summed E-state index contributed by atoms with van der Waals surface area (Å²) in [5.41, 5.74) is 0.305. The van der Waals surface area contributed by atoms with Crippen molar-refractivity contribution in [3.05, 3.63) is 63.1 Å². The van der Waals surface area contributed by atoms with Crippen LogP contribution in [0.3, 0.4) is 0 Å². The number of allylic oxidation sites excluding steroid dienone is 4. The first kappa shape index (κ1) is 15.4. The molecule has 1 aliphatic carbocycles. The van der Waals surface area contributed by atoms with Crippen molar-refractivity contribution < 1.29 is 9.90 Å². The molecule has 0 spiro atoms. The zero-order chi connectivity index (χ0) is 16.6. The van der Waals surface area contributed by atoms with E-state index in [9.17, 15) is 14.7 Å². The molecule has 1 aliphatic rings. The molecule has 0 bridgehead atoms. The van der Waals surface area contributed by atoms with Gasteiger partial charge in [0.15, 0.2) is 0 Å². The van der Waals surface area contributed by atoms with Gasteiger partial charge >= 0.3 is 0 Å². The maximum atomic E-state index is 12.5. The lowest BCUT2D eigenvalue weighted by Gasteiger charge is -2.14. The van der Waals surface area contributed by atoms with Crippen molar-refractivity contribution in [3.8, 4) is 5.75 Å². The summed E-state index contributed by atoms with van der Waals surface area (Å²) in [6.07, 6.45) is 7.10. The Morgan fingerprint density at radius 2 is 2.17 bits per heavy atom. The van der Waals surface area contributed by atoms with E-state index >= 15 is 0 Å². The third kappa shape index (κ3) is 2.64. The highest BCUT2D eigenvalue weighted by Crippen LogP contribution is 2.32. The maximum absolute atomic E-state index is 12.5. The molecule has 0 fully saturated rings. The SMILES string of the molecule is Cn1c(=O)c(C(=O)NC2=CC=CCC2)c(O)c2c(Cl)cccc21. The average Bonchev–Trinajstić information content (AvgIpc) is 2.53. The summed E-state index contributed by atoms with van der Waals surface area (Å²) in [7, 11) is 1.54. The van der Waals surface area contributed by atoms with Gasteiger partial charge in [-0.05, 0) is 31.1 Å². The van der Waals surface area contributed by atoms with E-state index in [0.717, 1.165) is 6.42 Å². The molecule has 6 heteroatoms. The molecule has 0 aliphatic heterocycles. The van der Waals surface area contributed by atoms with Crippen molar-refractivity contribution in [1.29, 1.82) is 0 Å². The van der Waals surface area contributed by atoms with Gasteiger partial charge in [0.1, 0.15) is 11.3 Å². The van der Waals surface area contributed by atoms with Crippen molar-refractivity contribution in [2.24, 2.45) is 7.05 Å². The van der Waals surface area contributed by atoms with Crippen LogP contribution >= 0.6 is 11.6 Å².